The van der Waals surface area contributed by atoms with Crippen LogP contribution in [0.4, 0.5) is 0 Å². The second-order valence-electron chi connectivity index (χ2n) is 11.4. The van der Waals surface area contributed by atoms with E-state index in [1.54, 1.807) is 45.3 Å². The molecule has 0 amide bonds. The van der Waals surface area contributed by atoms with E-state index in [2.05, 4.69) is 48.9 Å². The Morgan fingerprint density at radius 1 is 0.638 bits per heavy atom. The largest absolute Gasteiger partial charge is 0.465 e. The van der Waals surface area contributed by atoms with Crippen LogP contribution in [-0.2, 0) is 31.8 Å². The summed E-state index contributed by atoms with van der Waals surface area (Å²) in [6.07, 6.45) is 4.68. The summed E-state index contributed by atoms with van der Waals surface area (Å²) in [6, 6.07) is 16.5. The summed E-state index contributed by atoms with van der Waals surface area (Å²) in [7, 11) is 2.72. The van der Waals surface area contributed by atoms with Crippen LogP contribution in [-0.4, -0.2) is 45.2 Å². The number of carbonyl (C=O) groups is 2. The van der Waals surface area contributed by atoms with Crippen molar-refractivity contribution >= 4 is 57.3 Å². The predicted octanol–water partition coefficient (Wildman–Crippen LogP) is 10.6. The van der Waals surface area contributed by atoms with E-state index in [9.17, 15) is 9.59 Å². The summed E-state index contributed by atoms with van der Waals surface area (Å²) in [6.45, 7) is 5.39. The van der Waals surface area contributed by atoms with Gasteiger partial charge in [-0.05, 0) is 71.1 Å². The number of rotatable bonds is 14. The van der Waals surface area contributed by atoms with Crippen molar-refractivity contribution < 1.29 is 28.5 Å². The van der Waals surface area contributed by atoms with Crippen LogP contribution in [0.1, 0.15) is 71.4 Å². The van der Waals surface area contributed by atoms with Gasteiger partial charge >= 0.3 is 11.9 Å². The highest BCUT2D eigenvalue weighted by Gasteiger charge is 2.46. The van der Waals surface area contributed by atoms with Crippen LogP contribution >= 0.6 is 45.3 Å². The molecule has 47 heavy (non-hydrogen) atoms. The third-order valence-electron chi connectivity index (χ3n) is 8.35. The molecule has 0 aliphatic heterocycles. The maximum absolute atomic E-state index is 14.0. The lowest BCUT2D eigenvalue weighted by atomic mass is 9.86. The van der Waals surface area contributed by atoms with Crippen LogP contribution in [0.3, 0.4) is 0 Å². The van der Waals surface area contributed by atoms with E-state index in [0.717, 1.165) is 66.1 Å². The Kier molecular flexibility index (Phi) is 10.8. The van der Waals surface area contributed by atoms with Gasteiger partial charge in [0.15, 0.2) is 5.79 Å². The van der Waals surface area contributed by atoms with E-state index >= 15 is 0 Å². The lowest BCUT2D eigenvalue weighted by molar-refractivity contribution is -0.231. The smallest absolute Gasteiger partial charge is 0.339 e. The Hall–Kier alpha value is -3.12. The molecule has 1 aromatic carbocycles. The molecule has 4 aromatic heterocycles. The number of hydrogen-bond donors (Lipinski definition) is 0. The number of benzene rings is 1. The third kappa shape index (κ3) is 6.77. The van der Waals surface area contributed by atoms with Gasteiger partial charge in [0.05, 0.1) is 38.6 Å². The predicted molar refractivity (Wildman–Crippen MR) is 194 cm³/mol. The first kappa shape index (κ1) is 33.8. The monoisotopic (exact) mass is 706 g/mol. The molecule has 6 rings (SSSR count). The molecule has 6 nitrogen and oxygen atoms in total. The van der Waals surface area contributed by atoms with E-state index in [4.69, 9.17) is 18.9 Å². The van der Waals surface area contributed by atoms with E-state index in [1.165, 1.54) is 14.2 Å². The molecule has 5 aromatic rings. The first-order chi connectivity index (χ1) is 22.9. The Morgan fingerprint density at radius 2 is 1.06 bits per heavy atom. The molecule has 0 radical (unpaired) electrons. The van der Waals surface area contributed by atoms with Crippen LogP contribution in [0.25, 0.3) is 40.4 Å². The molecule has 246 valence electrons. The standard InChI is InChI=1S/C37H38O6S4/c1-5-7-17-42-37(43-18-8-6-2)21-23-24(22-37)32(30-16-14-28(47-30)26-12-10-20-45-26)34(36(39)41-4)33(35(38)40-3)31(23)29-15-13-27(46-29)25-11-9-19-44-25/h9-16,19-20H,5-8,17-18,21-22H2,1-4H3. The van der Waals surface area contributed by atoms with Gasteiger partial charge in [-0.15, -0.1) is 45.3 Å². The highest BCUT2D eigenvalue weighted by Crippen LogP contribution is 2.52. The van der Waals surface area contributed by atoms with Crippen molar-refractivity contribution in [3.63, 3.8) is 0 Å². The van der Waals surface area contributed by atoms with Gasteiger partial charge in [-0.2, -0.15) is 0 Å². The topological polar surface area (TPSA) is 71.1 Å². The number of fused-ring (bicyclic) bond motifs is 1. The second kappa shape index (κ2) is 15.0. The molecule has 0 unspecified atom stereocenters. The Labute approximate surface area is 291 Å². The quantitative estimate of drug-likeness (QED) is 0.0650. The number of unbranched alkanes of at least 4 members (excludes halogenated alkanes) is 2. The third-order valence-corrected chi connectivity index (χ3v) is 12.7. The minimum absolute atomic E-state index is 0.219. The van der Waals surface area contributed by atoms with E-state index in [1.807, 2.05) is 24.3 Å². The summed E-state index contributed by atoms with van der Waals surface area (Å²) in [4.78, 5) is 34.1. The molecule has 0 fully saturated rings. The van der Waals surface area contributed by atoms with Gasteiger partial charge < -0.3 is 18.9 Å². The van der Waals surface area contributed by atoms with Crippen molar-refractivity contribution in [3.05, 3.63) is 81.5 Å². The molecule has 0 atom stereocenters. The van der Waals surface area contributed by atoms with Crippen molar-refractivity contribution in [1.29, 1.82) is 0 Å². The van der Waals surface area contributed by atoms with Gasteiger partial charge in [0.1, 0.15) is 0 Å². The molecule has 1 aliphatic rings. The molecule has 1 aliphatic carbocycles. The fourth-order valence-electron chi connectivity index (χ4n) is 6.10. The Morgan fingerprint density at radius 3 is 1.43 bits per heavy atom. The fraction of sp³-hybridized carbons (Fsp3) is 0.351. The fourth-order valence-corrected chi connectivity index (χ4v) is 9.94. The summed E-state index contributed by atoms with van der Waals surface area (Å²) in [5, 5.41) is 4.11. The van der Waals surface area contributed by atoms with Crippen molar-refractivity contribution in [2.24, 2.45) is 0 Å². The van der Waals surface area contributed by atoms with E-state index < -0.39 is 17.7 Å². The van der Waals surface area contributed by atoms with Gasteiger partial charge in [-0.1, -0.05) is 38.8 Å². The number of hydrogen-bond acceptors (Lipinski definition) is 10. The van der Waals surface area contributed by atoms with Gasteiger partial charge in [-0.25, -0.2) is 9.59 Å². The molecule has 0 saturated carbocycles. The average molecular weight is 707 g/mol. The van der Waals surface area contributed by atoms with Crippen molar-refractivity contribution in [3.8, 4) is 40.4 Å². The summed E-state index contributed by atoms with van der Waals surface area (Å²) in [5.41, 5.74) is 3.73. The Bertz CT molecular complexity index is 1700. The summed E-state index contributed by atoms with van der Waals surface area (Å²) in [5.74, 6) is -2.09. The molecular formula is C37H38O6S4. The van der Waals surface area contributed by atoms with Crippen LogP contribution in [0, 0.1) is 0 Å². The van der Waals surface area contributed by atoms with E-state index in [0.29, 0.717) is 37.2 Å². The summed E-state index contributed by atoms with van der Waals surface area (Å²) < 4.78 is 24.2. The SMILES string of the molecule is CCCCOC1(OCCCC)Cc2c(c(-c3ccc(-c4cccs4)s3)c(C(=O)OC)c(C(=O)OC)c2-c2ccc(-c3cccs3)s2)C1. The first-order valence-corrected chi connectivity index (χ1v) is 19.3. The molecule has 0 spiro atoms. The van der Waals surface area contributed by atoms with Gasteiger partial charge in [0, 0.05) is 53.2 Å². The van der Waals surface area contributed by atoms with Crippen molar-refractivity contribution in [2.45, 2.75) is 58.2 Å². The first-order valence-electron chi connectivity index (χ1n) is 15.9. The molecule has 0 bridgehead atoms. The maximum atomic E-state index is 14.0. The molecule has 0 N–H and O–H groups in total. The van der Waals surface area contributed by atoms with Crippen LogP contribution in [0.5, 0.6) is 0 Å². The molecule has 0 saturated heterocycles. The van der Waals surface area contributed by atoms with Crippen LogP contribution in [0.2, 0.25) is 0 Å². The number of methoxy groups -OCH3 is 2. The van der Waals surface area contributed by atoms with Gasteiger partial charge in [0.2, 0.25) is 0 Å². The normalized spacial score (nSPS) is 13.5. The van der Waals surface area contributed by atoms with Gasteiger partial charge in [0.25, 0.3) is 0 Å². The number of esters is 2. The zero-order valence-corrected chi connectivity index (χ0v) is 30.3. The van der Waals surface area contributed by atoms with Crippen molar-refractivity contribution in [2.75, 3.05) is 27.4 Å². The molecule has 4 heterocycles. The van der Waals surface area contributed by atoms with Crippen molar-refractivity contribution in [1.82, 2.24) is 0 Å². The average Bonchev–Trinajstić information content (AvgIpc) is 3.92. The Balaban J connectivity index is 1.64. The highest BCUT2D eigenvalue weighted by molar-refractivity contribution is 7.24. The minimum Gasteiger partial charge on any atom is -0.465 e. The van der Waals surface area contributed by atoms with Crippen LogP contribution in [0.15, 0.2) is 59.3 Å². The second-order valence-corrected chi connectivity index (χ2v) is 15.5. The number of ether oxygens (including phenoxy) is 4. The summed E-state index contributed by atoms with van der Waals surface area (Å²) >= 11 is 6.53. The molecular weight excluding hydrogens is 669 g/mol. The van der Waals surface area contributed by atoms with Gasteiger partial charge in [-0.3, -0.25) is 0 Å². The lowest BCUT2D eigenvalue weighted by Gasteiger charge is -2.30. The lowest BCUT2D eigenvalue weighted by Crippen LogP contribution is -2.38. The highest BCUT2D eigenvalue weighted by atomic mass is 32.1. The maximum Gasteiger partial charge on any atom is 0.339 e. The molecule has 10 heteroatoms. The number of carbonyl (C=O) groups excluding carboxylic acids is 2. The van der Waals surface area contributed by atoms with Crippen LogP contribution < -0.4 is 0 Å². The zero-order chi connectivity index (χ0) is 33.0. The number of thiophene rings is 4. The minimum atomic E-state index is -0.931. The zero-order valence-electron chi connectivity index (χ0n) is 27.0. The van der Waals surface area contributed by atoms with E-state index in [-0.39, 0.29) is 11.1 Å².